The van der Waals surface area contributed by atoms with Gasteiger partial charge in [0.05, 0.1) is 25.0 Å². The molecule has 0 aromatic heterocycles. The van der Waals surface area contributed by atoms with Crippen LogP contribution in [0.25, 0.3) is 0 Å². The fraction of sp³-hybridized carbons (Fsp3) is 0.455. The average Bonchev–Trinajstić information content (AvgIpc) is 2.75. The molecule has 164 valence electrons. The average molecular weight is 438 g/mol. The number of ether oxygens (including phenoxy) is 3. The molecule has 0 bridgehead atoms. The largest absolute Gasteiger partial charge is 1.00 e. The van der Waals surface area contributed by atoms with Crippen molar-refractivity contribution in [2.45, 2.75) is 12.2 Å². The summed E-state index contributed by atoms with van der Waals surface area (Å²) in [6, 6.07) is 14.4. The second kappa shape index (κ2) is 10.8. The number of piperazine rings is 1. The number of β-amino-alcohol motifs (C(OH)–C–C–N with tert-alkyl or cyclic N) is 1. The molecule has 0 aliphatic carbocycles. The molecule has 2 atom stereocenters. The molecule has 0 saturated carbocycles. The van der Waals surface area contributed by atoms with Crippen LogP contribution in [-0.4, -0.2) is 74.8 Å². The number of fused-ring (bicyclic) bond motifs is 1. The minimum atomic E-state index is -0.577. The van der Waals surface area contributed by atoms with Crippen molar-refractivity contribution >= 4 is 5.69 Å². The second-order valence-corrected chi connectivity index (χ2v) is 7.43. The summed E-state index contributed by atoms with van der Waals surface area (Å²) in [6.07, 6.45) is -0.756. The van der Waals surface area contributed by atoms with Crippen LogP contribution in [0.2, 0.25) is 0 Å². The van der Waals surface area contributed by atoms with Crippen molar-refractivity contribution in [2.75, 3.05) is 57.4 Å². The Kier molecular flexibility index (Phi) is 8.16. The Morgan fingerprint density at radius 3 is 2.50 bits per heavy atom. The molecule has 2 aromatic rings. The van der Waals surface area contributed by atoms with Crippen molar-refractivity contribution in [3.63, 3.8) is 0 Å². The highest BCUT2D eigenvalue weighted by atomic mass is 35.5. The third-order valence-electron chi connectivity index (χ3n) is 5.22. The van der Waals surface area contributed by atoms with E-state index in [9.17, 15) is 9.50 Å². The number of anilines is 1. The lowest BCUT2D eigenvalue weighted by molar-refractivity contribution is -0.0292. The van der Waals surface area contributed by atoms with E-state index in [2.05, 4.69) is 4.90 Å². The number of rotatable bonds is 7. The topological polar surface area (TPSA) is 54.4 Å². The SMILES string of the molecule is OC(COCC1COc2ccccc2O1)CN1CCN(c2ccccc2F)CC1.[Cl-]. The van der Waals surface area contributed by atoms with Gasteiger partial charge in [0, 0.05) is 32.7 Å². The van der Waals surface area contributed by atoms with Gasteiger partial charge in [-0.2, -0.15) is 0 Å². The highest BCUT2D eigenvalue weighted by molar-refractivity contribution is 5.48. The lowest BCUT2D eigenvalue weighted by atomic mass is 10.2. The first-order chi connectivity index (χ1) is 14.2. The number of aliphatic hydroxyl groups excluding tert-OH is 1. The van der Waals surface area contributed by atoms with Gasteiger partial charge in [0.2, 0.25) is 0 Å². The van der Waals surface area contributed by atoms with Crippen molar-refractivity contribution in [3.8, 4) is 11.5 Å². The molecule has 0 amide bonds. The molecule has 1 saturated heterocycles. The molecule has 2 aliphatic rings. The molecule has 2 heterocycles. The molecule has 4 rings (SSSR count). The molecular weight excluding hydrogens is 411 g/mol. The van der Waals surface area contributed by atoms with Crippen LogP contribution < -0.4 is 26.8 Å². The maximum atomic E-state index is 13.9. The molecule has 6 nitrogen and oxygen atoms in total. The third kappa shape index (κ3) is 5.76. The van der Waals surface area contributed by atoms with Crippen LogP contribution in [0.4, 0.5) is 10.1 Å². The standard InChI is InChI=1S/C22H27FN2O4.ClH/c23-19-5-1-2-6-20(19)25-11-9-24(10-12-25)13-17(26)14-27-15-18-16-28-21-7-3-4-8-22(21)29-18;/h1-8,17-18,26H,9-16H2;1H/p-1. The highest BCUT2D eigenvalue weighted by Crippen LogP contribution is 2.30. The Bertz CT molecular complexity index is 804. The summed E-state index contributed by atoms with van der Waals surface area (Å²) in [5.41, 5.74) is 0.646. The highest BCUT2D eigenvalue weighted by Gasteiger charge is 2.23. The Labute approximate surface area is 182 Å². The zero-order chi connectivity index (χ0) is 20.1. The second-order valence-electron chi connectivity index (χ2n) is 7.43. The first-order valence-electron chi connectivity index (χ1n) is 10.0. The van der Waals surface area contributed by atoms with E-state index in [1.165, 1.54) is 6.07 Å². The Hall–Kier alpha value is -2.06. The van der Waals surface area contributed by atoms with Crippen LogP contribution in [-0.2, 0) is 4.74 Å². The maximum Gasteiger partial charge on any atom is 0.161 e. The van der Waals surface area contributed by atoms with Gasteiger partial charge in [-0.3, -0.25) is 4.90 Å². The van der Waals surface area contributed by atoms with Crippen LogP contribution in [0, 0.1) is 5.82 Å². The number of aliphatic hydroxyl groups is 1. The minimum absolute atomic E-state index is 0. The van der Waals surface area contributed by atoms with Crippen LogP contribution in [0.5, 0.6) is 11.5 Å². The normalized spacial score (nSPS) is 19.8. The van der Waals surface area contributed by atoms with Crippen LogP contribution in [0.1, 0.15) is 0 Å². The molecule has 30 heavy (non-hydrogen) atoms. The van der Waals surface area contributed by atoms with Crippen molar-refractivity contribution in [1.82, 2.24) is 4.90 Å². The first kappa shape index (κ1) is 22.6. The molecule has 2 unspecified atom stereocenters. The summed E-state index contributed by atoms with van der Waals surface area (Å²) < 4.78 is 31.1. The van der Waals surface area contributed by atoms with Gasteiger partial charge in [0.15, 0.2) is 17.6 Å². The summed E-state index contributed by atoms with van der Waals surface area (Å²) in [4.78, 5) is 4.23. The summed E-state index contributed by atoms with van der Waals surface area (Å²) in [7, 11) is 0. The van der Waals surface area contributed by atoms with E-state index in [4.69, 9.17) is 14.2 Å². The third-order valence-corrected chi connectivity index (χ3v) is 5.22. The van der Waals surface area contributed by atoms with Crippen LogP contribution in [0.3, 0.4) is 0 Å². The fourth-order valence-electron chi connectivity index (χ4n) is 3.71. The zero-order valence-corrected chi connectivity index (χ0v) is 17.5. The molecular formula is C22H27ClFN2O4-. The molecule has 0 spiro atoms. The Morgan fingerprint density at radius 2 is 1.73 bits per heavy atom. The number of hydrogen-bond donors (Lipinski definition) is 1. The van der Waals surface area contributed by atoms with Gasteiger partial charge in [-0.15, -0.1) is 0 Å². The number of benzene rings is 2. The van der Waals surface area contributed by atoms with Crippen molar-refractivity contribution in [2.24, 2.45) is 0 Å². The van der Waals surface area contributed by atoms with Crippen LogP contribution in [0.15, 0.2) is 48.5 Å². The molecule has 2 aliphatic heterocycles. The molecule has 1 fully saturated rings. The van der Waals surface area contributed by atoms with Crippen molar-refractivity contribution in [3.05, 3.63) is 54.3 Å². The maximum absolute atomic E-state index is 13.9. The predicted octanol–water partition coefficient (Wildman–Crippen LogP) is -0.831. The first-order valence-corrected chi connectivity index (χ1v) is 10.0. The lowest BCUT2D eigenvalue weighted by Crippen LogP contribution is -3.00. The van der Waals surface area contributed by atoms with Gasteiger partial charge in [0.1, 0.15) is 12.4 Å². The predicted molar refractivity (Wildman–Crippen MR) is 108 cm³/mol. The monoisotopic (exact) mass is 437 g/mol. The zero-order valence-electron chi connectivity index (χ0n) is 16.8. The lowest BCUT2D eigenvalue weighted by Gasteiger charge is -2.37. The molecule has 1 N–H and O–H groups in total. The molecule has 2 aromatic carbocycles. The number of hydrogen-bond acceptors (Lipinski definition) is 6. The number of nitrogens with zero attached hydrogens (tertiary/aromatic N) is 2. The van der Waals surface area contributed by atoms with Gasteiger partial charge in [0.25, 0.3) is 0 Å². The van der Waals surface area contributed by atoms with E-state index in [1.54, 1.807) is 6.07 Å². The summed E-state index contributed by atoms with van der Waals surface area (Å²) in [5, 5.41) is 10.3. The molecule has 8 heteroatoms. The van der Waals surface area contributed by atoms with E-state index < -0.39 is 6.10 Å². The quantitative estimate of drug-likeness (QED) is 0.610. The van der Waals surface area contributed by atoms with E-state index in [0.717, 1.165) is 37.7 Å². The van der Waals surface area contributed by atoms with Crippen molar-refractivity contribution < 1.29 is 36.1 Å². The fourth-order valence-corrected chi connectivity index (χ4v) is 3.71. The van der Waals surface area contributed by atoms with Gasteiger partial charge < -0.3 is 36.6 Å². The Balaban J connectivity index is 0.00000256. The number of para-hydroxylation sites is 3. The smallest absolute Gasteiger partial charge is 0.161 e. The van der Waals surface area contributed by atoms with Gasteiger partial charge in [-0.25, -0.2) is 4.39 Å². The van der Waals surface area contributed by atoms with Gasteiger partial charge in [-0.1, -0.05) is 24.3 Å². The van der Waals surface area contributed by atoms with Crippen LogP contribution >= 0.6 is 0 Å². The summed E-state index contributed by atoms with van der Waals surface area (Å²) in [6.45, 7) is 4.62. The van der Waals surface area contributed by atoms with Gasteiger partial charge >= 0.3 is 0 Å². The van der Waals surface area contributed by atoms with E-state index >= 15 is 0 Å². The number of halogens is 2. The van der Waals surface area contributed by atoms with Gasteiger partial charge in [-0.05, 0) is 24.3 Å². The van der Waals surface area contributed by atoms with Crippen molar-refractivity contribution in [1.29, 1.82) is 0 Å². The van der Waals surface area contributed by atoms with E-state index in [-0.39, 0.29) is 30.9 Å². The minimum Gasteiger partial charge on any atom is -1.00 e. The summed E-state index contributed by atoms with van der Waals surface area (Å²) in [5.74, 6) is 1.28. The summed E-state index contributed by atoms with van der Waals surface area (Å²) >= 11 is 0. The Morgan fingerprint density at radius 1 is 1.03 bits per heavy atom. The molecule has 0 radical (unpaired) electrons. The van der Waals surface area contributed by atoms with E-state index in [0.29, 0.717) is 25.4 Å². The van der Waals surface area contributed by atoms with E-state index in [1.807, 2.05) is 41.3 Å².